The Kier molecular flexibility index (Phi) is 3.76. The van der Waals surface area contributed by atoms with Crippen molar-refractivity contribution in [3.8, 4) is 0 Å². The average molecular weight is 275 g/mol. The zero-order valence-corrected chi connectivity index (χ0v) is 11.5. The minimum Gasteiger partial charge on any atom is -0.480 e. The smallest absolute Gasteiger partial charge is 0.331 e. The summed E-state index contributed by atoms with van der Waals surface area (Å²) in [7, 11) is 0. The summed E-state index contributed by atoms with van der Waals surface area (Å²) in [4.78, 5) is 12.0. The summed E-state index contributed by atoms with van der Waals surface area (Å²) in [5.74, 6) is -0.852. The van der Waals surface area contributed by atoms with E-state index in [1.807, 2.05) is 30.3 Å². The van der Waals surface area contributed by atoms with E-state index < -0.39 is 11.5 Å². The highest BCUT2D eigenvalue weighted by atomic mass is 16.5. The standard InChI is InChI=1S/C16H21NO3/c18-15(19)16(17-13-9-10-13,11-20-14-7-4-8-14)12-5-2-1-3-6-12/h1-3,5-6,13-14,17H,4,7-11H2,(H,18,19). The van der Waals surface area contributed by atoms with E-state index in [0.717, 1.165) is 31.2 Å². The van der Waals surface area contributed by atoms with Gasteiger partial charge in [0.1, 0.15) is 0 Å². The second kappa shape index (κ2) is 5.54. The molecule has 0 heterocycles. The van der Waals surface area contributed by atoms with Crippen LogP contribution in [0.2, 0.25) is 0 Å². The maximum absolute atomic E-state index is 12.0. The maximum Gasteiger partial charge on any atom is 0.331 e. The van der Waals surface area contributed by atoms with Gasteiger partial charge in [0.25, 0.3) is 0 Å². The van der Waals surface area contributed by atoms with Crippen LogP contribution in [0, 0.1) is 0 Å². The van der Waals surface area contributed by atoms with Gasteiger partial charge in [-0.2, -0.15) is 0 Å². The molecule has 0 radical (unpaired) electrons. The van der Waals surface area contributed by atoms with Crippen LogP contribution in [0.4, 0.5) is 0 Å². The fourth-order valence-corrected chi connectivity index (χ4v) is 2.53. The molecule has 2 N–H and O–H groups in total. The van der Waals surface area contributed by atoms with Gasteiger partial charge in [0.05, 0.1) is 12.7 Å². The largest absolute Gasteiger partial charge is 0.480 e. The molecule has 108 valence electrons. The first-order valence-electron chi connectivity index (χ1n) is 7.39. The fraction of sp³-hybridized carbons (Fsp3) is 0.562. The predicted molar refractivity (Wildman–Crippen MR) is 75.5 cm³/mol. The fourth-order valence-electron chi connectivity index (χ4n) is 2.53. The normalized spacial score (nSPS) is 22.0. The molecule has 4 nitrogen and oxygen atoms in total. The van der Waals surface area contributed by atoms with Crippen molar-refractivity contribution >= 4 is 5.97 Å². The Hall–Kier alpha value is -1.39. The van der Waals surface area contributed by atoms with Crippen LogP contribution >= 0.6 is 0 Å². The number of carboxylic acid groups (broad SMARTS) is 1. The maximum atomic E-state index is 12.0. The van der Waals surface area contributed by atoms with Gasteiger partial charge in [-0.25, -0.2) is 4.79 Å². The predicted octanol–water partition coefficient (Wildman–Crippen LogP) is 2.29. The highest BCUT2D eigenvalue weighted by molar-refractivity contribution is 5.81. The number of carbonyl (C=O) groups is 1. The van der Waals surface area contributed by atoms with Crippen LogP contribution in [0.25, 0.3) is 0 Å². The SMILES string of the molecule is O=C(O)C(COC1CCC1)(NC1CC1)c1ccccc1. The summed E-state index contributed by atoms with van der Waals surface area (Å²) in [6.45, 7) is 0.202. The Morgan fingerprint density at radius 1 is 1.25 bits per heavy atom. The minimum absolute atomic E-state index is 0.202. The minimum atomic E-state index is -1.11. The Morgan fingerprint density at radius 2 is 1.95 bits per heavy atom. The summed E-state index contributed by atoms with van der Waals surface area (Å²) < 4.78 is 5.84. The molecule has 0 aromatic heterocycles. The molecule has 2 fully saturated rings. The number of benzene rings is 1. The van der Waals surface area contributed by atoms with Crippen molar-refractivity contribution in [1.29, 1.82) is 0 Å². The van der Waals surface area contributed by atoms with E-state index in [4.69, 9.17) is 4.74 Å². The topological polar surface area (TPSA) is 58.6 Å². The monoisotopic (exact) mass is 275 g/mol. The van der Waals surface area contributed by atoms with Gasteiger partial charge in [0.15, 0.2) is 5.54 Å². The Balaban J connectivity index is 1.83. The van der Waals surface area contributed by atoms with Gasteiger partial charge in [0, 0.05) is 6.04 Å². The lowest BCUT2D eigenvalue weighted by molar-refractivity contribution is -0.151. The summed E-state index contributed by atoms with van der Waals surface area (Å²) in [5.41, 5.74) is -0.336. The molecular weight excluding hydrogens is 254 g/mol. The number of hydrogen-bond acceptors (Lipinski definition) is 3. The van der Waals surface area contributed by atoms with E-state index in [1.165, 1.54) is 6.42 Å². The second-order valence-electron chi connectivity index (χ2n) is 5.86. The molecule has 0 amide bonds. The molecule has 0 bridgehead atoms. The van der Waals surface area contributed by atoms with Crippen LogP contribution in [0.3, 0.4) is 0 Å². The number of rotatable bonds is 7. The van der Waals surface area contributed by atoms with Gasteiger partial charge in [-0.15, -0.1) is 0 Å². The van der Waals surface area contributed by atoms with Crippen LogP contribution in [-0.2, 0) is 15.1 Å². The average Bonchev–Trinajstić information content (AvgIpc) is 3.20. The van der Waals surface area contributed by atoms with E-state index in [-0.39, 0.29) is 12.7 Å². The highest BCUT2D eigenvalue weighted by Crippen LogP contribution is 2.31. The van der Waals surface area contributed by atoms with Gasteiger partial charge < -0.3 is 9.84 Å². The molecule has 20 heavy (non-hydrogen) atoms. The molecule has 2 aliphatic rings. The third-order valence-corrected chi connectivity index (χ3v) is 4.25. The summed E-state index contributed by atoms with van der Waals surface area (Å²) in [5, 5.41) is 13.1. The van der Waals surface area contributed by atoms with Crippen LogP contribution in [-0.4, -0.2) is 29.8 Å². The van der Waals surface area contributed by atoms with E-state index in [1.54, 1.807) is 0 Å². The summed E-state index contributed by atoms with van der Waals surface area (Å²) in [6.07, 6.45) is 5.61. The van der Waals surface area contributed by atoms with Crippen LogP contribution in [0.15, 0.2) is 30.3 Å². The van der Waals surface area contributed by atoms with Crippen LogP contribution in [0.5, 0.6) is 0 Å². The van der Waals surface area contributed by atoms with Gasteiger partial charge >= 0.3 is 5.97 Å². The summed E-state index contributed by atoms with van der Waals surface area (Å²) in [6, 6.07) is 9.70. The third kappa shape index (κ3) is 2.72. The third-order valence-electron chi connectivity index (χ3n) is 4.25. The first kappa shape index (κ1) is 13.6. The number of ether oxygens (including phenoxy) is 1. The number of aliphatic carboxylic acids is 1. The van der Waals surface area contributed by atoms with Crippen molar-refractivity contribution < 1.29 is 14.6 Å². The lowest BCUT2D eigenvalue weighted by atomic mass is 9.89. The van der Waals surface area contributed by atoms with Crippen molar-refractivity contribution in [3.63, 3.8) is 0 Å². The Bertz CT molecular complexity index is 468. The second-order valence-corrected chi connectivity index (χ2v) is 5.86. The Labute approximate surface area is 119 Å². The molecule has 4 heteroatoms. The number of carboxylic acids is 1. The molecule has 0 aliphatic heterocycles. The highest BCUT2D eigenvalue weighted by Gasteiger charge is 2.45. The molecular formula is C16H21NO3. The number of hydrogen-bond donors (Lipinski definition) is 2. The van der Waals surface area contributed by atoms with E-state index >= 15 is 0 Å². The van der Waals surface area contributed by atoms with Crippen LogP contribution in [0.1, 0.15) is 37.7 Å². The van der Waals surface area contributed by atoms with Gasteiger partial charge in [-0.05, 0) is 37.7 Å². The lowest BCUT2D eigenvalue weighted by Crippen LogP contribution is -2.54. The molecule has 0 spiro atoms. The lowest BCUT2D eigenvalue weighted by Gasteiger charge is -2.35. The molecule has 1 aromatic carbocycles. The van der Waals surface area contributed by atoms with Crippen LogP contribution < -0.4 is 5.32 Å². The molecule has 2 aliphatic carbocycles. The first-order chi connectivity index (χ1) is 9.71. The van der Waals surface area contributed by atoms with Crippen molar-refractivity contribution in [2.75, 3.05) is 6.61 Å². The van der Waals surface area contributed by atoms with Crippen molar-refractivity contribution in [3.05, 3.63) is 35.9 Å². The summed E-state index contributed by atoms with van der Waals surface area (Å²) >= 11 is 0. The molecule has 1 aromatic rings. The van der Waals surface area contributed by atoms with E-state index in [9.17, 15) is 9.90 Å². The zero-order valence-electron chi connectivity index (χ0n) is 11.5. The van der Waals surface area contributed by atoms with Crippen molar-refractivity contribution in [2.24, 2.45) is 0 Å². The molecule has 1 atom stereocenters. The zero-order chi connectivity index (χ0) is 14.0. The number of nitrogens with one attached hydrogen (secondary N) is 1. The quantitative estimate of drug-likeness (QED) is 0.801. The molecule has 2 saturated carbocycles. The van der Waals surface area contributed by atoms with Gasteiger partial charge in [-0.3, -0.25) is 5.32 Å². The molecule has 3 rings (SSSR count). The molecule has 1 unspecified atom stereocenters. The van der Waals surface area contributed by atoms with Gasteiger partial charge in [0.2, 0.25) is 0 Å². The van der Waals surface area contributed by atoms with Crippen molar-refractivity contribution in [2.45, 2.75) is 49.8 Å². The molecule has 0 saturated heterocycles. The van der Waals surface area contributed by atoms with E-state index in [0.29, 0.717) is 6.04 Å². The van der Waals surface area contributed by atoms with E-state index in [2.05, 4.69) is 5.32 Å². The Morgan fingerprint density at radius 3 is 2.45 bits per heavy atom. The first-order valence-corrected chi connectivity index (χ1v) is 7.39. The van der Waals surface area contributed by atoms with Crippen molar-refractivity contribution in [1.82, 2.24) is 5.32 Å². The van der Waals surface area contributed by atoms with Gasteiger partial charge in [-0.1, -0.05) is 30.3 Å².